The Morgan fingerprint density at radius 2 is 1.86 bits per heavy atom. The number of aliphatic hydroxyl groups is 1. The van der Waals surface area contributed by atoms with Gasteiger partial charge in [-0.1, -0.05) is 31.5 Å². The third kappa shape index (κ3) is 2.74. The van der Waals surface area contributed by atoms with Crippen molar-refractivity contribution in [3.63, 3.8) is 0 Å². The Morgan fingerprint density at radius 1 is 1.04 bits per heavy atom. The Labute approximate surface area is 174 Å². The molecule has 7 atom stereocenters. The SMILES string of the molecule is CC1(O)CCC2(C)C(CCC3C4CC=C(c5cncc(Cl)c5)C4(C)CCC32)C1. The van der Waals surface area contributed by atoms with E-state index in [1.54, 1.807) is 6.20 Å². The molecule has 1 aromatic heterocycles. The van der Waals surface area contributed by atoms with Gasteiger partial charge in [-0.15, -0.1) is 0 Å². The Bertz CT molecular complexity index is 817. The normalized spacial score (nSPS) is 47.7. The number of pyridine rings is 1. The summed E-state index contributed by atoms with van der Waals surface area (Å²) >= 11 is 6.26. The molecule has 0 saturated heterocycles. The molecule has 0 bridgehead atoms. The Hall–Kier alpha value is -0.860. The number of allylic oxidation sites excluding steroid dienone is 2. The van der Waals surface area contributed by atoms with Gasteiger partial charge in [0.05, 0.1) is 10.6 Å². The molecule has 0 amide bonds. The predicted molar refractivity (Wildman–Crippen MR) is 115 cm³/mol. The maximum atomic E-state index is 10.7. The number of nitrogens with zero attached hydrogens (tertiary/aromatic N) is 1. The van der Waals surface area contributed by atoms with E-state index in [9.17, 15) is 5.11 Å². The van der Waals surface area contributed by atoms with Crippen LogP contribution in [0, 0.1) is 34.5 Å². The fourth-order valence-corrected chi connectivity index (χ4v) is 8.18. The van der Waals surface area contributed by atoms with Gasteiger partial charge in [0.25, 0.3) is 0 Å². The summed E-state index contributed by atoms with van der Waals surface area (Å²) in [7, 11) is 0. The first kappa shape index (κ1) is 19.1. The third-order valence-corrected chi connectivity index (χ3v) is 9.76. The van der Waals surface area contributed by atoms with Crippen LogP contribution in [0.25, 0.3) is 5.57 Å². The highest BCUT2D eigenvalue weighted by Gasteiger charge is 2.59. The van der Waals surface area contributed by atoms with Gasteiger partial charge in [-0.05, 0) is 110 Å². The van der Waals surface area contributed by atoms with Gasteiger partial charge in [0.15, 0.2) is 0 Å². The lowest BCUT2D eigenvalue weighted by molar-refractivity contribution is -0.138. The van der Waals surface area contributed by atoms with Crippen molar-refractivity contribution in [2.45, 2.75) is 77.7 Å². The molecule has 1 N–H and O–H groups in total. The van der Waals surface area contributed by atoms with Crippen LogP contribution in [0.3, 0.4) is 0 Å². The fourth-order valence-electron chi connectivity index (χ4n) is 8.01. The molecule has 0 spiro atoms. The van der Waals surface area contributed by atoms with Crippen LogP contribution in [0.5, 0.6) is 0 Å². The summed E-state index contributed by atoms with van der Waals surface area (Å²) in [4.78, 5) is 4.36. The van der Waals surface area contributed by atoms with E-state index in [0.29, 0.717) is 11.3 Å². The lowest BCUT2D eigenvalue weighted by Gasteiger charge is -2.61. The Morgan fingerprint density at radius 3 is 2.64 bits per heavy atom. The smallest absolute Gasteiger partial charge is 0.0622 e. The van der Waals surface area contributed by atoms with Gasteiger partial charge in [0.2, 0.25) is 0 Å². The molecular formula is C25H34ClNO. The van der Waals surface area contributed by atoms with E-state index in [0.717, 1.165) is 35.6 Å². The van der Waals surface area contributed by atoms with E-state index < -0.39 is 5.60 Å². The largest absolute Gasteiger partial charge is 0.390 e. The number of halogens is 1. The second-order valence-electron chi connectivity index (χ2n) is 11.1. The topological polar surface area (TPSA) is 33.1 Å². The minimum absolute atomic E-state index is 0.261. The minimum atomic E-state index is -0.443. The van der Waals surface area contributed by atoms with E-state index in [2.05, 4.69) is 37.9 Å². The molecule has 7 unspecified atom stereocenters. The fraction of sp³-hybridized carbons (Fsp3) is 0.720. The number of hydrogen-bond acceptors (Lipinski definition) is 2. The molecule has 0 aliphatic heterocycles. The molecule has 4 aliphatic carbocycles. The standard InChI is InChI=1S/C25H34ClNO/c1-23(28)10-11-24(2)17(13-23)4-5-19-21-7-6-20(16-12-18(26)15-27-14-16)25(21,3)9-8-22(19)24/h6,12,14-15,17,19,21-22,28H,4-5,7-11,13H2,1-3H3. The quantitative estimate of drug-likeness (QED) is 0.582. The number of fused-ring (bicyclic) bond motifs is 5. The Balaban J connectivity index is 1.43. The summed E-state index contributed by atoms with van der Waals surface area (Å²) < 4.78 is 0. The van der Waals surface area contributed by atoms with Crippen LogP contribution >= 0.6 is 11.6 Å². The predicted octanol–water partition coefficient (Wildman–Crippen LogP) is 6.52. The third-order valence-electron chi connectivity index (χ3n) is 9.55. The van der Waals surface area contributed by atoms with Crippen molar-refractivity contribution in [2.75, 3.05) is 0 Å². The van der Waals surface area contributed by atoms with E-state index in [4.69, 9.17) is 11.6 Å². The highest BCUT2D eigenvalue weighted by Crippen LogP contribution is 2.68. The van der Waals surface area contributed by atoms with Crippen LogP contribution in [0.1, 0.15) is 77.7 Å². The maximum Gasteiger partial charge on any atom is 0.0622 e. The van der Waals surface area contributed by atoms with Gasteiger partial charge in [-0.25, -0.2) is 0 Å². The van der Waals surface area contributed by atoms with Crippen LogP contribution < -0.4 is 0 Å². The molecule has 4 aliphatic rings. The number of hydrogen-bond donors (Lipinski definition) is 1. The molecule has 1 heterocycles. The molecule has 5 rings (SSSR count). The molecule has 1 aromatic rings. The zero-order valence-electron chi connectivity index (χ0n) is 17.5. The van der Waals surface area contributed by atoms with Crippen molar-refractivity contribution in [1.29, 1.82) is 0 Å². The van der Waals surface area contributed by atoms with Crippen molar-refractivity contribution >= 4 is 17.2 Å². The molecule has 3 saturated carbocycles. The summed E-state index contributed by atoms with van der Waals surface area (Å²) in [5, 5.41) is 11.4. The summed E-state index contributed by atoms with van der Waals surface area (Å²) in [6, 6.07) is 2.10. The summed E-state index contributed by atoms with van der Waals surface area (Å²) in [6.45, 7) is 7.13. The van der Waals surface area contributed by atoms with Crippen LogP contribution in [0.15, 0.2) is 24.5 Å². The van der Waals surface area contributed by atoms with Crippen molar-refractivity contribution in [1.82, 2.24) is 4.98 Å². The molecule has 28 heavy (non-hydrogen) atoms. The Kier molecular flexibility index (Phi) is 4.31. The van der Waals surface area contributed by atoms with E-state index in [1.165, 1.54) is 49.7 Å². The van der Waals surface area contributed by atoms with Gasteiger partial charge in [0.1, 0.15) is 0 Å². The molecule has 0 aromatic carbocycles. The molecule has 3 fully saturated rings. The lowest BCUT2D eigenvalue weighted by atomic mass is 9.44. The van der Waals surface area contributed by atoms with Gasteiger partial charge in [-0.3, -0.25) is 4.98 Å². The number of aromatic nitrogens is 1. The average molecular weight is 400 g/mol. The molecule has 0 radical (unpaired) electrons. The second kappa shape index (κ2) is 6.32. The molecule has 3 heteroatoms. The van der Waals surface area contributed by atoms with Gasteiger partial charge in [0, 0.05) is 12.4 Å². The van der Waals surface area contributed by atoms with Crippen molar-refractivity contribution in [3.8, 4) is 0 Å². The molecular weight excluding hydrogens is 366 g/mol. The first-order valence-corrected chi connectivity index (χ1v) is 11.6. The summed E-state index contributed by atoms with van der Waals surface area (Å²) in [6.07, 6.45) is 15.9. The number of rotatable bonds is 1. The zero-order valence-corrected chi connectivity index (χ0v) is 18.3. The van der Waals surface area contributed by atoms with Crippen LogP contribution in [-0.4, -0.2) is 15.7 Å². The first-order chi connectivity index (χ1) is 13.2. The highest BCUT2D eigenvalue weighted by molar-refractivity contribution is 6.30. The average Bonchev–Trinajstić information content (AvgIpc) is 2.99. The molecule has 2 nitrogen and oxygen atoms in total. The van der Waals surface area contributed by atoms with Crippen molar-refractivity contribution < 1.29 is 5.11 Å². The van der Waals surface area contributed by atoms with Gasteiger partial charge in [-0.2, -0.15) is 0 Å². The monoisotopic (exact) mass is 399 g/mol. The second-order valence-corrected chi connectivity index (χ2v) is 11.5. The maximum absolute atomic E-state index is 10.7. The van der Waals surface area contributed by atoms with Crippen LogP contribution in [0.4, 0.5) is 0 Å². The summed E-state index contributed by atoms with van der Waals surface area (Å²) in [5.41, 5.74) is 2.96. The minimum Gasteiger partial charge on any atom is -0.390 e. The van der Waals surface area contributed by atoms with Gasteiger partial charge >= 0.3 is 0 Å². The van der Waals surface area contributed by atoms with E-state index >= 15 is 0 Å². The lowest BCUT2D eigenvalue weighted by Crippen LogP contribution is -2.55. The zero-order chi connectivity index (χ0) is 19.7. The van der Waals surface area contributed by atoms with Crippen molar-refractivity contribution in [2.24, 2.45) is 34.5 Å². The summed E-state index contributed by atoms with van der Waals surface area (Å²) in [5.74, 6) is 3.10. The van der Waals surface area contributed by atoms with Crippen molar-refractivity contribution in [3.05, 3.63) is 35.1 Å². The van der Waals surface area contributed by atoms with Gasteiger partial charge < -0.3 is 5.11 Å². The highest BCUT2D eigenvalue weighted by atomic mass is 35.5. The van der Waals surface area contributed by atoms with Crippen LogP contribution in [-0.2, 0) is 0 Å². The van der Waals surface area contributed by atoms with Crippen LogP contribution in [0.2, 0.25) is 5.02 Å². The van der Waals surface area contributed by atoms with E-state index in [1.807, 2.05) is 6.20 Å². The first-order valence-electron chi connectivity index (χ1n) is 11.3. The molecule has 152 valence electrons. The van der Waals surface area contributed by atoms with E-state index in [-0.39, 0.29) is 5.41 Å².